The van der Waals surface area contributed by atoms with Crippen LogP contribution in [0.4, 0.5) is 0 Å². The predicted octanol–water partition coefficient (Wildman–Crippen LogP) is 1.97. The molecule has 0 N–H and O–H groups in total. The molecule has 0 aromatic heterocycles. The first-order valence-electron chi connectivity index (χ1n) is 5.65. The molecule has 1 aliphatic rings. The Kier molecular flexibility index (Phi) is 2.64. The Hall–Kier alpha value is -1.32. The molecule has 0 spiro atoms. The lowest BCUT2D eigenvalue weighted by molar-refractivity contribution is 0.143. The van der Waals surface area contributed by atoms with Crippen molar-refractivity contribution < 1.29 is 9.31 Å². The summed E-state index contributed by atoms with van der Waals surface area (Å²) in [6.45, 7) is 1.58. The fourth-order valence-electron chi connectivity index (χ4n) is 2.03. The number of rotatable bonds is 1. The van der Waals surface area contributed by atoms with Crippen molar-refractivity contribution in [2.45, 2.75) is 6.42 Å². The van der Waals surface area contributed by atoms with Gasteiger partial charge in [-0.05, 0) is 22.7 Å². The van der Waals surface area contributed by atoms with Gasteiger partial charge >= 0.3 is 7.12 Å². The van der Waals surface area contributed by atoms with E-state index in [1.807, 2.05) is 0 Å². The van der Waals surface area contributed by atoms with Crippen LogP contribution in [-0.2, 0) is 9.31 Å². The second kappa shape index (κ2) is 4.28. The zero-order valence-electron chi connectivity index (χ0n) is 9.06. The Morgan fingerprint density at radius 3 is 2.44 bits per heavy atom. The average Bonchev–Trinajstić information content (AvgIpc) is 2.39. The second-order valence-corrected chi connectivity index (χ2v) is 4.03. The largest absolute Gasteiger partial charge is 0.493 e. The molecule has 1 saturated heterocycles. The van der Waals surface area contributed by atoms with Crippen LogP contribution in [0, 0.1) is 0 Å². The van der Waals surface area contributed by atoms with Crippen LogP contribution in [0.5, 0.6) is 0 Å². The Morgan fingerprint density at radius 2 is 1.62 bits per heavy atom. The van der Waals surface area contributed by atoms with Crippen LogP contribution in [-0.4, -0.2) is 20.3 Å². The van der Waals surface area contributed by atoms with Crippen molar-refractivity contribution in [3.8, 4) is 0 Å². The highest BCUT2D eigenvalue weighted by atomic mass is 16.6. The molecule has 0 radical (unpaired) electrons. The number of hydrogen-bond donors (Lipinski definition) is 0. The normalized spacial score (nSPS) is 16.6. The fourth-order valence-corrected chi connectivity index (χ4v) is 2.03. The van der Waals surface area contributed by atoms with Gasteiger partial charge in [0, 0.05) is 13.2 Å². The molecule has 2 aromatic carbocycles. The lowest BCUT2D eigenvalue weighted by Gasteiger charge is -2.20. The van der Waals surface area contributed by atoms with E-state index in [1.165, 1.54) is 10.8 Å². The van der Waals surface area contributed by atoms with E-state index in [2.05, 4.69) is 42.5 Å². The molecule has 16 heavy (non-hydrogen) atoms. The van der Waals surface area contributed by atoms with Gasteiger partial charge < -0.3 is 9.31 Å². The van der Waals surface area contributed by atoms with Crippen molar-refractivity contribution >= 4 is 23.4 Å². The van der Waals surface area contributed by atoms with E-state index < -0.39 is 0 Å². The third-order valence-corrected chi connectivity index (χ3v) is 2.87. The van der Waals surface area contributed by atoms with Gasteiger partial charge in [0.2, 0.25) is 0 Å². The van der Waals surface area contributed by atoms with Gasteiger partial charge in [-0.3, -0.25) is 0 Å². The van der Waals surface area contributed by atoms with Crippen LogP contribution >= 0.6 is 0 Å². The van der Waals surface area contributed by atoms with Gasteiger partial charge in [0.1, 0.15) is 0 Å². The molecule has 80 valence electrons. The van der Waals surface area contributed by atoms with E-state index in [0.717, 1.165) is 25.1 Å². The number of hydrogen-bond acceptors (Lipinski definition) is 2. The Bertz CT molecular complexity index is 492. The molecule has 1 aliphatic heterocycles. The van der Waals surface area contributed by atoms with Gasteiger partial charge in [0.15, 0.2) is 0 Å². The summed E-state index contributed by atoms with van der Waals surface area (Å²) in [5, 5.41) is 2.49. The minimum Gasteiger partial charge on any atom is -0.407 e. The van der Waals surface area contributed by atoms with E-state index in [1.54, 1.807) is 0 Å². The van der Waals surface area contributed by atoms with Gasteiger partial charge in [0.05, 0.1) is 0 Å². The molecule has 0 aliphatic carbocycles. The van der Waals surface area contributed by atoms with Gasteiger partial charge in [-0.2, -0.15) is 0 Å². The molecule has 3 heteroatoms. The van der Waals surface area contributed by atoms with Crippen LogP contribution in [0.25, 0.3) is 10.8 Å². The van der Waals surface area contributed by atoms with Crippen LogP contribution in [0.15, 0.2) is 42.5 Å². The first-order chi connectivity index (χ1) is 7.93. The SMILES string of the molecule is c1ccc2cc(B3OCCCO3)ccc2c1. The average molecular weight is 212 g/mol. The maximum Gasteiger partial charge on any atom is 0.493 e. The molecule has 1 fully saturated rings. The zero-order valence-corrected chi connectivity index (χ0v) is 9.06. The summed E-state index contributed by atoms with van der Waals surface area (Å²) < 4.78 is 11.2. The van der Waals surface area contributed by atoms with Crippen LogP contribution in [0.1, 0.15) is 6.42 Å². The Labute approximate surface area is 95.3 Å². The Morgan fingerprint density at radius 1 is 0.875 bits per heavy atom. The summed E-state index contributed by atoms with van der Waals surface area (Å²) in [5.41, 5.74) is 1.11. The van der Waals surface area contributed by atoms with E-state index in [-0.39, 0.29) is 7.12 Å². The van der Waals surface area contributed by atoms with Gasteiger partial charge in [-0.15, -0.1) is 0 Å². The monoisotopic (exact) mass is 212 g/mol. The standard InChI is InChI=1S/C13H13BO2/c1-2-5-12-10-13(7-6-11(12)4-1)14-15-8-3-9-16-14/h1-2,4-7,10H,3,8-9H2. The van der Waals surface area contributed by atoms with Crippen molar-refractivity contribution in [2.24, 2.45) is 0 Å². The molecule has 0 amide bonds. The first-order valence-corrected chi connectivity index (χ1v) is 5.65. The summed E-state index contributed by atoms with van der Waals surface area (Å²) in [6, 6.07) is 14.7. The molecule has 1 heterocycles. The van der Waals surface area contributed by atoms with Crippen molar-refractivity contribution in [1.82, 2.24) is 0 Å². The van der Waals surface area contributed by atoms with Crippen molar-refractivity contribution in [3.63, 3.8) is 0 Å². The van der Waals surface area contributed by atoms with Crippen molar-refractivity contribution in [3.05, 3.63) is 42.5 Å². The summed E-state index contributed by atoms with van der Waals surface area (Å²) in [4.78, 5) is 0. The fraction of sp³-hybridized carbons (Fsp3) is 0.231. The molecular weight excluding hydrogens is 199 g/mol. The summed E-state index contributed by atoms with van der Waals surface area (Å²) >= 11 is 0. The quantitative estimate of drug-likeness (QED) is 0.673. The molecule has 2 aromatic rings. The molecule has 0 bridgehead atoms. The van der Waals surface area contributed by atoms with Gasteiger partial charge in [-0.1, -0.05) is 42.5 Å². The molecular formula is C13H13BO2. The lowest BCUT2D eigenvalue weighted by Crippen LogP contribution is -2.40. The third kappa shape index (κ3) is 1.84. The molecule has 0 saturated carbocycles. The third-order valence-electron chi connectivity index (χ3n) is 2.87. The van der Waals surface area contributed by atoms with Gasteiger partial charge in [-0.25, -0.2) is 0 Å². The summed E-state index contributed by atoms with van der Waals surface area (Å²) in [7, 11) is -0.182. The smallest absolute Gasteiger partial charge is 0.407 e. The lowest BCUT2D eigenvalue weighted by atomic mass is 9.77. The maximum absolute atomic E-state index is 5.59. The Balaban J connectivity index is 1.97. The highest BCUT2D eigenvalue weighted by Crippen LogP contribution is 2.12. The molecule has 0 atom stereocenters. The molecule has 0 unspecified atom stereocenters. The van der Waals surface area contributed by atoms with Crippen molar-refractivity contribution in [2.75, 3.05) is 13.2 Å². The predicted molar refractivity (Wildman–Crippen MR) is 65.9 cm³/mol. The van der Waals surface area contributed by atoms with E-state index in [9.17, 15) is 0 Å². The minimum absolute atomic E-state index is 0.182. The second-order valence-electron chi connectivity index (χ2n) is 4.03. The number of benzene rings is 2. The van der Waals surface area contributed by atoms with Crippen LogP contribution in [0.3, 0.4) is 0 Å². The topological polar surface area (TPSA) is 18.5 Å². The summed E-state index contributed by atoms with van der Waals surface area (Å²) in [5.74, 6) is 0. The zero-order chi connectivity index (χ0) is 10.8. The van der Waals surface area contributed by atoms with Crippen LogP contribution in [0.2, 0.25) is 0 Å². The summed E-state index contributed by atoms with van der Waals surface area (Å²) in [6.07, 6.45) is 0.990. The van der Waals surface area contributed by atoms with Crippen molar-refractivity contribution in [1.29, 1.82) is 0 Å². The van der Waals surface area contributed by atoms with E-state index >= 15 is 0 Å². The minimum atomic E-state index is -0.182. The first kappa shape index (κ1) is 9.88. The van der Waals surface area contributed by atoms with Crippen LogP contribution < -0.4 is 5.46 Å². The van der Waals surface area contributed by atoms with Gasteiger partial charge in [0.25, 0.3) is 0 Å². The highest BCUT2D eigenvalue weighted by molar-refractivity contribution is 6.61. The number of fused-ring (bicyclic) bond motifs is 1. The maximum atomic E-state index is 5.59. The highest BCUT2D eigenvalue weighted by Gasteiger charge is 2.24. The molecule has 2 nitrogen and oxygen atoms in total. The van der Waals surface area contributed by atoms with E-state index in [0.29, 0.717) is 0 Å². The molecule has 3 rings (SSSR count). The van der Waals surface area contributed by atoms with E-state index in [4.69, 9.17) is 9.31 Å².